The van der Waals surface area contributed by atoms with Crippen molar-refractivity contribution in [1.29, 1.82) is 0 Å². The largest absolute Gasteiger partial charge is 0.494 e. The summed E-state index contributed by atoms with van der Waals surface area (Å²) >= 11 is 0. The van der Waals surface area contributed by atoms with E-state index in [0.29, 0.717) is 17.9 Å². The van der Waals surface area contributed by atoms with Crippen LogP contribution < -0.4 is 15.4 Å². The van der Waals surface area contributed by atoms with Crippen LogP contribution >= 0.6 is 0 Å². The van der Waals surface area contributed by atoms with Gasteiger partial charge in [0.25, 0.3) is 0 Å². The molecular weight excluding hydrogens is 288 g/mol. The summed E-state index contributed by atoms with van der Waals surface area (Å²) in [7, 11) is 0. The van der Waals surface area contributed by atoms with E-state index >= 15 is 0 Å². The fraction of sp³-hybridized carbons (Fsp3) is 0.632. The van der Waals surface area contributed by atoms with E-state index in [9.17, 15) is 4.79 Å². The molecule has 1 aromatic rings. The normalized spacial score (nSPS) is 31.0. The highest BCUT2D eigenvalue weighted by Gasteiger charge is 2.56. The van der Waals surface area contributed by atoms with Crippen molar-refractivity contribution in [2.45, 2.75) is 46.6 Å². The van der Waals surface area contributed by atoms with E-state index in [-0.39, 0.29) is 12.1 Å². The number of anilines is 1. The third-order valence-corrected chi connectivity index (χ3v) is 6.09. The van der Waals surface area contributed by atoms with E-state index in [1.165, 1.54) is 6.42 Å². The molecule has 0 aromatic heterocycles. The Morgan fingerprint density at radius 1 is 1.26 bits per heavy atom. The number of hydrogen-bond acceptors (Lipinski definition) is 2. The van der Waals surface area contributed by atoms with Crippen LogP contribution in [0.1, 0.15) is 40.5 Å². The Labute approximate surface area is 139 Å². The highest BCUT2D eigenvalue weighted by Crippen LogP contribution is 2.61. The SMILES string of the molecule is CCOc1ccc(NC(=O)N[C@@H]2C[C@@H]3C[C@H]([C@H]2C)C3(C)C)cc1. The summed E-state index contributed by atoms with van der Waals surface area (Å²) < 4.78 is 5.41. The lowest BCUT2D eigenvalue weighted by Crippen LogP contribution is -2.61. The Morgan fingerprint density at radius 2 is 1.96 bits per heavy atom. The van der Waals surface area contributed by atoms with Gasteiger partial charge in [0, 0.05) is 11.7 Å². The first-order valence-electron chi connectivity index (χ1n) is 8.72. The van der Waals surface area contributed by atoms with Crippen molar-refractivity contribution >= 4 is 11.7 Å². The molecule has 23 heavy (non-hydrogen) atoms. The molecule has 0 heterocycles. The lowest BCUT2D eigenvalue weighted by atomic mass is 9.45. The fourth-order valence-corrected chi connectivity index (χ4v) is 4.48. The first-order valence-corrected chi connectivity index (χ1v) is 8.72. The second-order valence-corrected chi connectivity index (χ2v) is 7.62. The minimum Gasteiger partial charge on any atom is -0.494 e. The van der Waals surface area contributed by atoms with Crippen molar-refractivity contribution in [3.05, 3.63) is 24.3 Å². The second kappa shape index (κ2) is 6.06. The average molecular weight is 316 g/mol. The van der Waals surface area contributed by atoms with Crippen molar-refractivity contribution < 1.29 is 9.53 Å². The molecule has 4 heteroatoms. The fourth-order valence-electron chi connectivity index (χ4n) is 4.48. The van der Waals surface area contributed by atoms with Crippen LogP contribution in [0.15, 0.2) is 24.3 Å². The van der Waals surface area contributed by atoms with E-state index in [0.717, 1.165) is 29.7 Å². The molecule has 0 spiro atoms. The molecule has 3 fully saturated rings. The number of ether oxygens (including phenoxy) is 1. The van der Waals surface area contributed by atoms with Crippen LogP contribution in [0.5, 0.6) is 5.75 Å². The maximum absolute atomic E-state index is 12.3. The lowest BCUT2D eigenvalue weighted by Gasteiger charge is -2.62. The Kier molecular flexibility index (Phi) is 4.26. The van der Waals surface area contributed by atoms with E-state index < -0.39 is 0 Å². The summed E-state index contributed by atoms with van der Waals surface area (Å²) in [5.74, 6) is 2.85. The molecule has 4 nitrogen and oxygen atoms in total. The molecule has 2 amide bonds. The molecule has 0 aliphatic heterocycles. The van der Waals surface area contributed by atoms with Gasteiger partial charge >= 0.3 is 6.03 Å². The third-order valence-electron chi connectivity index (χ3n) is 6.09. The predicted octanol–water partition coefficient (Wildman–Crippen LogP) is 4.28. The molecule has 4 rings (SSSR count). The summed E-state index contributed by atoms with van der Waals surface area (Å²) in [6.07, 6.45) is 2.42. The highest BCUT2D eigenvalue weighted by atomic mass is 16.5. The van der Waals surface area contributed by atoms with Crippen molar-refractivity contribution in [3.8, 4) is 5.75 Å². The van der Waals surface area contributed by atoms with Gasteiger partial charge < -0.3 is 15.4 Å². The maximum Gasteiger partial charge on any atom is 0.319 e. The zero-order chi connectivity index (χ0) is 16.6. The predicted molar refractivity (Wildman–Crippen MR) is 92.7 cm³/mol. The highest BCUT2D eigenvalue weighted by molar-refractivity contribution is 5.89. The van der Waals surface area contributed by atoms with Crippen molar-refractivity contribution in [2.75, 3.05) is 11.9 Å². The standard InChI is InChI=1S/C19H28N2O2/c1-5-23-15-8-6-14(7-9-15)20-18(22)21-17-11-13-10-16(12(17)2)19(13,3)4/h6-9,12-13,16-17H,5,10-11H2,1-4H3,(H2,20,21,22)/t12-,13+,16-,17-/m1/s1. The molecule has 4 atom stereocenters. The minimum atomic E-state index is -0.106. The average Bonchev–Trinajstić information content (AvgIpc) is 2.51. The lowest BCUT2D eigenvalue weighted by molar-refractivity contribution is -0.112. The first-order chi connectivity index (χ1) is 10.9. The van der Waals surface area contributed by atoms with Gasteiger partial charge in [-0.15, -0.1) is 0 Å². The monoisotopic (exact) mass is 316 g/mol. The second-order valence-electron chi connectivity index (χ2n) is 7.62. The Morgan fingerprint density at radius 3 is 2.52 bits per heavy atom. The van der Waals surface area contributed by atoms with Gasteiger partial charge in [-0.3, -0.25) is 0 Å². The number of benzene rings is 1. The Bertz CT molecular complexity index is 567. The molecular formula is C19H28N2O2. The molecule has 3 aliphatic rings. The summed E-state index contributed by atoms with van der Waals surface area (Å²) in [6.45, 7) is 9.63. The summed E-state index contributed by atoms with van der Waals surface area (Å²) in [4.78, 5) is 12.3. The quantitative estimate of drug-likeness (QED) is 0.871. The number of nitrogens with one attached hydrogen (secondary N) is 2. The van der Waals surface area contributed by atoms with Crippen molar-refractivity contribution in [3.63, 3.8) is 0 Å². The molecule has 1 aromatic carbocycles. The van der Waals surface area contributed by atoms with Gasteiger partial charge in [-0.25, -0.2) is 4.79 Å². The number of rotatable bonds is 4. The summed E-state index contributed by atoms with van der Waals surface area (Å²) in [5.41, 5.74) is 1.24. The molecule has 126 valence electrons. The smallest absolute Gasteiger partial charge is 0.319 e. The number of amides is 2. The van der Waals surface area contributed by atoms with Crippen molar-refractivity contribution in [2.24, 2.45) is 23.2 Å². The van der Waals surface area contributed by atoms with E-state index in [4.69, 9.17) is 4.74 Å². The number of urea groups is 1. The van der Waals surface area contributed by atoms with Crippen LogP contribution in [-0.2, 0) is 0 Å². The van der Waals surface area contributed by atoms with E-state index in [1.807, 2.05) is 31.2 Å². The Balaban J connectivity index is 1.54. The van der Waals surface area contributed by atoms with Crippen LogP contribution in [0.25, 0.3) is 0 Å². The van der Waals surface area contributed by atoms with E-state index in [1.54, 1.807) is 0 Å². The van der Waals surface area contributed by atoms with E-state index in [2.05, 4.69) is 31.4 Å². The molecule has 0 unspecified atom stereocenters. The van der Waals surface area contributed by atoms with Gasteiger partial charge in [0.15, 0.2) is 0 Å². The van der Waals surface area contributed by atoms with Gasteiger partial charge in [-0.1, -0.05) is 20.8 Å². The summed E-state index contributed by atoms with van der Waals surface area (Å²) in [6, 6.07) is 7.67. The van der Waals surface area contributed by atoms with Crippen LogP contribution in [-0.4, -0.2) is 18.7 Å². The van der Waals surface area contributed by atoms with Gasteiger partial charge in [-0.2, -0.15) is 0 Å². The van der Waals surface area contributed by atoms with Gasteiger partial charge in [0.1, 0.15) is 5.75 Å². The number of fused-ring (bicyclic) bond motifs is 2. The van der Waals surface area contributed by atoms with Crippen molar-refractivity contribution in [1.82, 2.24) is 5.32 Å². The van der Waals surface area contributed by atoms with Crippen LogP contribution in [0, 0.1) is 23.2 Å². The van der Waals surface area contributed by atoms with Gasteiger partial charge in [-0.05, 0) is 67.2 Å². The van der Waals surface area contributed by atoms with Gasteiger partial charge in [0.05, 0.1) is 6.61 Å². The molecule has 0 radical (unpaired) electrons. The minimum absolute atomic E-state index is 0.106. The molecule has 2 bridgehead atoms. The van der Waals surface area contributed by atoms with Crippen LogP contribution in [0.3, 0.4) is 0 Å². The summed E-state index contributed by atoms with van der Waals surface area (Å²) in [5, 5.41) is 6.10. The molecule has 2 N–H and O–H groups in total. The number of carbonyl (C=O) groups excluding carboxylic acids is 1. The maximum atomic E-state index is 12.3. The van der Waals surface area contributed by atoms with Gasteiger partial charge in [0.2, 0.25) is 0 Å². The number of hydrogen-bond donors (Lipinski definition) is 2. The molecule has 3 aliphatic carbocycles. The molecule has 3 saturated carbocycles. The molecule has 0 saturated heterocycles. The Hall–Kier alpha value is -1.71. The topological polar surface area (TPSA) is 50.4 Å². The van der Waals surface area contributed by atoms with Crippen LogP contribution in [0.2, 0.25) is 0 Å². The number of carbonyl (C=O) groups is 1. The zero-order valence-electron chi connectivity index (χ0n) is 14.6. The first kappa shape index (κ1) is 16.2. The third kappa shape index (κ3) is 3.04. The zero-order valence-corrected chi connectivity index (χ0v) is 14.6. The van der Waals surface area contributed by atoms with Crippen LogP contribution in [0.4, 0.5) is 10.5 Å².